The zero-order valence-electron chi connectivity index (χ0n) is 31.7. The molecule has 300 valence electrons. The van der Waals surface area contributed by atoms with Gasteiger partial charge in [-0.1, -0.05) is 36.4 Å². The lowest BCUT2D eigenvalue weighted by atomic mass is 10.0. The fourth-order valence-corrected chi connectivity index (χ4v) is 8.70. The summed E-state index contributed by atoms with van der Waals surface area (Å²) in [6, 6.07) is 26.1. The van der Waals surface area contributed by atoms with Gasteiger partial charge in [-0.05, 0) is 79.6 Å². The van der Waals surface area contributed by atoms with Crippen molar-refractivity contribution in [3.63, 3.8) is 0 Å². The first kappa shape index (κ1) is 37.7. The van der Waals surface area contributed by atoms with Crippen molar-refractivity contribution in [1.29, 1.82) is 0 Å². The van der Waals surface area contributed by atoms with Gasteiger partial charge in [0, 0.05) is 61.8 Å². The van der Waals surface area contributed by atoms with E-state index < -0.39 is 31.4 Å². The summed E-state index contributed by atoms with van der Waals surface area (Å²) in [6.45, 7) is 2.59. The van der Waals surface area contributed by atoms with Crippen molar-refractivity contribution in [1.82, 2.24) is 29.3 Å². The van der Waals surface area contributed by atoms with Crippen LogP contribution in [0.25, 0.3) is 27.9 Å². The Bertz CT molecular complexity index is 2800. The van der Waals surface area contributed by atoms with E-state index in [9.17, 15) is 23.3 Å². The number of carbonyl (C=O) groups is 1. The third-order valence-electron chi connectivity index (χ3n) is 10.8. The number of H-pyrrole nitrogens is 1. The quantitative estimate of drug-likeness (QED) is 0.0825. The Balaban J connectivity index is 1.00. The molecule has 16 nitrogen and oxygen atoms in total. The molecule has 4 aromatic heterocycles. The average Bonchev–Trinajstić information content (AvgIpc) is 4.03. The molecule has 0 bridgehead atoms. The van der Waals surface area contributed by atoms with Gasteiger partial charge in [-0.3, -0.25) is 14.9 Å². The summed E-state index contributed by atoms with van der Waals surface area (Å²) in [7, 11) is -4.59. The van der Waals surface area contributed by atoms with Crippen LogP contribution in [0.1, 0.15) is 47.6 Å². The highest BCUT2D eigenvalue weighted by Crippen LogP contribution is 2.37. The van der Waals surface area contributed by atoms with E-state index in [-0.39, 0.29) is 29.0 Å². The number of rotatable bonds is 12. The molecule has 59 heavy (non-hydrogen) atoms. The van der Waals surface area contributed by atoms with Crippen molar-refractivity contribution in [3.05, 3.63) is 131 Å². The summed E-state index contributed by atoms with van der Waals surface area (Å²) in [5, 5.41) is 20.7. The molecule has 0 aliphatic carbocycles. The maximum absolute atomic E-state index is 13.9. The number of anilines is 2. The van der Waals surface area contributed by atoms with Crippen LogP contribution in [0.15, 0.2) is 114 Å². The fraction of sp³-hybridized carbons (Fsp3) is 0.238. The molecular formula is C42H39N9O7S. The highest BCUT2D eigenvalue weighted by atomic mass is 32.2. The van der Waals surface area contributed by atoms with Gasteiger partial charge < -0.3 is 24.7 Å². The normalized spacial score (nSPS) is 16.1. The van der Waals surface area contributed by atoms with Gasteiger partial charge in [0.15, 0.2) is 5.65 Å². The maximum Gasteiger partial charge on any atom is 0.293 e. The number of aromatic amines is 1. The van der Waals surface area contributed by atoms with Crippen molar-refractivity contribution in [3.8, 4) is 22.8 Å². The molecule has 3 aromatic carbocycles. The Hall–Kier alpha value is -6.85. The van der Waals surface area contributed by atoms with Gasteiger partial charge in [-0.2, -0.15) is 5.10 Å². The molecule has 7 aromatic rings. The number of benzene rings is 3. The molecule has 0 saturated carbocycles. The molecule has 1 unspecified atom stereocenters. The number of nitro groups is 1. The van der Waals surface area contributed by atoms with Gasteiger partial charge >= 0.3 is 0 Å². The SMILES string of the molecule is O=C(NS(=O)(=O)c1ccc(NCC2CCOCC2)c([N+](=O)[O-])c1)c1ccc(-c2cc3nc(N4CCCC4c4ccccc4)ccn3n2)cc1Oc1cnc2[nH]ccc2c1. The Kier molecular flexibility index (Phi) is 10.1. The monoisotopic (exact) mass is 813 g/mol. The van der Waals surface area contributed by atoms with Crippen LogP contribution >= 0.6 is 0 Å². The van der Waals surface area contributed by atoms with E-state index in [1.165, 1.54) is 30.0 Å². The van der Waals surface area contributed by atoms with E-state index >= 15 is 0 Å². The maximum atomic E-state index is 13.9. The van der Waals surface area contributed by atoms with E-state index in [1.54, 1.807) is 28.9 Å². The van der Waals surface area contributed by atoms with Crippen molar-refractivity contribution in [2.24, 2.45) is 5.92 Å². The van der Waals surface area contributed by atoms with Gasteiger partial charge in [0.25, 0.3) is 21.6 Å². The van der Waals surface area contributed by atoms with E-state index in [0.717, 1.165) is 49.5 Å². The lowest BCUT2D eigenvalue weighted by molar-refractivity contribution is -0.384. The minimum absolute atomic E-state index is 0.0269. The zero-order valence-corrected chi connectivity index (χ0v) is 32.5. The number of nitro benzene ring substituents is 1. The Morgan fingerprint density at radius 3 is 2.68 bits per heavy atom. The highest BCUT2D eigenvalue weighted by Gasteiger charge is 2.29. The van der Waals surface area contributed by atoms with Crippen LogP contribution < -0.4 is 19.7 Å². The van der Waals surface area contributed by atoms with Crippen LogP contribution in [-0.4, -0.2) is 70.1 Å². The number of pyridine rings is 1. The molecule has 0 spiro atoms. The average molecular weight is 814 g/mol. The van der Waals surface area contributed by atoms with Crippen LogP contribution in [0, 0.1) is 16.0 Å². The molecule has 1 amide bonds. The molecular weight excluding hydrogens is 775 g/mol. The van der Waals surface area contributed by atoms with E-state index in [0.29, 0.717) is 48.1 Å². The molecule has 2 aliphatic heterocycles. The molecule has 6 heterocycles. The molecule has 2 fully saturated rings. The highest BCUT2D eigenvalue weighted by molar-refractivity contribution is 7.90. The first-order chi connectivity index (χ1) is 28.7. The summed E-state index contributed by atoms with van der Waals surface area (Å²) in [5.41, 5.74) is 3.24. The number of nitrogens with zero attached hydrogens (tertiary/aromatic N) is 6. The number of fused-ring (bicyclic) bond motifs is 2. The van der Waals surface area contributed by atoms with Crippen molar-refractivity contribution in [2.75, 3.05) is 36.5 Å². The Morgan fingerprint density at radius 1 is 1.00 bits per heavy atom. The Morgan fingerprint density at radius 2 is 1.85 bits per heavy atom. The number of amides is 1. The van der Waals surface area contributed by atoms with Gasteiger partial charge in [0.1, 0.15) is 28.7 Å². The second-order valence-corrected chi connectivity index (χ2v) is 16.3. The lowest BCUT2D eigenvalue weighted by Crippen LogP contribution is -2.31. The number of hydrogen-bond acceptors (Lipinski definition) is 12. The third-order valence-corrected chi connectivity index (χ3v) is 12.1. The zero-order chi connectivity index (χ0) is 40.5. The van der Waals surface area contributed by atoms with Crippen molar-refractivity contribution < 1.29 is 27.6 Å². The molecule has 0 radical (unpaired) electrons. The summed E-state index contributed by atoms with van der Waals surface area (Å²) < 4.78 is 42.7. The number of ether oxygens (including phenoxy) is 2. The topological polar surface area (TPSA) is 199 Å². The van der Waals surface area contributed by atoms with Gasteiger partial charge in [0.2, 0.25) is 0 Å². The molecule has 9 rings (SSSR count). The summed E-state index contributed by atoms with van der Waals surface area (Å²) in [6.07, 6.45) is 8.79. The fourth-order valence-electron chi connectivity index (χ4n) is 7.71. The predicted octanol–water partition coefficient (Wildman–Crippen LogP) is 7.27. The minimum atomic E-state index is -4.59. The second kappa shape index (κ2) is 15.8. The summed E-state index contributed by atoms with van der Waals surface area (Å²) >= 11 is 0. The number of carbonyl (C=O) groups excluding carboxylic acids is 1. The van der Waals surface area contributed by atoms with Crippen LogP contribution in [0.2, 0.25) is 0 Å². The minimum Gasteiger partial charge on any atom is -0.455 e. The van der Waals surface area contributed by atoms with Crippen LogP contribution in [0.5, 0.6) is 11.5 Å². The summed E-state index contributed by atoms with van der Waals surface area (Å²) in [5.74, 6) is 0.419. The first-order valence-electron chi connectivity index (χ1n) is 19.3. The van der Waals surface area contributed by atoms with Crippen molar-refractivity contribution in [2.45, 2.75) is 36.6 Å². The van der Waals surface area contributed by atoms with E-state index in [1.807, 2.05) is 42.6 Å². The lowest BCUT2D eigenvalue weighted by Gasteiger charge is -2.26. The second-order valence-electron chi connectivity index (χ2n) is 14.6. The van der Waals surface area contributed by atoms with Crippen molar-refractivity contribution >= 4 is 49.8 Å². The van der Waals surface area contributed by atoms with Gasteiger partial charge in [0.05, 0.1) is 33.3 Å². The number of nitrogens with one attached hydrogen (secondary N) is 3. The largest absolute Gasteiger partial charge is 0.455 e. The number of hydrogen-bond donors (Lipinski definition) is 3. The van der Waals surface area contributed by atoms with Crippen LogP contribution in [0.3, 0.4) is 0 Å². The molecule has 2 saturated heterocycles. The molecule has 1 atom stereocenters. The van der Waals surface area contributed by atoms with Crippen LogP contribution in [-0.2, 0) is 14.8 Å². The van der Waals surface area contributed by atoms with Crippen LogP contribution in [0.4, 0.5) is 17.2 Å². The number of aromatic nitrogens is 5. The van der Waals surface area contributed by atoms with E-state index in [2.05, 4.69) is 37.0 Å². The summed E-state index contributed by atoms with van der Waals surface area (Å²) in [4.78, 5) is 39.5. The first-order valence-corrected chi connectivity index (χ1v) is 20.8. The van der Waals surface area contributed by atoms with Gasteiger partial charge in [-0.15, -0.1) is 0 Å². The van der Waals surface area contributed by atoms with Gasteiger partial charge in [-0.25, -0.2) is 27.6 Å². The smallest absolute Gasteiger partial charge is 0.293 e. The molecule has 2 aliphatic rings. The third kappa shape index (κ3) is 7.89. The molecule has 17 heteroatoms. The predicted molar refractivity (Wildman–Crippen MR) is 220 cm³/mol. The molecule has 3 N–H and O–H groups in total. The van der Waals surface area contributed by atoms with E-state index in [4.69, 9.17) is 19.6 Å². The Labute approximate surface area is 338 Å². The standard InChI is InChI=1S/C42H39N9O7S/c52-42(48-59(55,56)32-9-11-34(37(23-32)51(53)54)44-25-27-14-19-57-20-15-27)33-10-8-29(22-38(33)58-31-21-30-12-16-43-41(30)45-26-31)35-24-40-46-39(13-18-50(40)47-35)49-17-4-7-36(49)28-5-2-1-3-6-28/h1-3,5-6,8-13,16,18,21-24,26-27,36,44H,4,7,14-15,17,19-20,25H2,(H,43,45)(H,48,52). The number of sulfonamides is 1.